The number of nitrogens with zero attached hydrogens (tertiary/aromatic N) is 1. The number of hydrogen-bond acceptors (Lipinski definition) is 3. The van der Waals surface area contributed by atoms with Crippen molar-refractivity contribution in [3.63, 3.8) is 0 Å². The van der Waals surface area contributed by atoms with E-state index in [0.717, 1.165) is 58.2 Å². The van der Waals surface area contributed by atoms with Gasteiger partial charge in [0.2, 0.25) is 0 Å². The quantitative estimate of drug-likeness (QED) is 0.186. The van der Waals surface area contributed by atoms with E-state index >= 15 is 0 Å². The van der Waals surface area contributed by atoms with Crippen LogP contribution in [-0.2, 0) is 9.53 Å². The zero-order valence-electron chi connectivity index (χ0n) is 24.0. The van der Waals surface area contributed by atoms with Crippen molar-refractivity contribution >= 4 is 5.78 Å². The molecule has 6 atom stereocenters. The maximum absolute atomic E-state index is 14.4. The molecule has 1 rings (SSSR count). The van der Waals surface area contributed by atoms with E-state index in [1.165, 1.54) is 25.8 Å². The average molecular weight is 484 g/mol. The molecule has 1 fully saturated rings. The molecule has 0 bridgehead atoms. The van der Waals surface area contributed by atoms with Gasteiger partial charge in [-0.3, -0.25) is 4.79 Å². The van der Waals surface area contributed by atoms with E-state index in [4.69, 9.17) is 4.74 Å². The van der Waals surface area contributed by atoms with Gasteiger partial charge < -0.3 is 9.64 Å². The second-order valence-electron chi connectivity index (χ2n) is 11.7. The van der Waals surface area contributed by atoms with Gasteiger partial charge in [-0.2, -0.15) is 0 Å². The number of ether oxygens (including phenoxy) is 1. The van der Waals surface area contributed by atoms with E-state index < -0.39 is 11.6 Å². The van der Waals surface area contributed by atoms with Gasteiger partial charge in [0.25, 0.3) is 0 Å². The number of unbranched alkanes of at least 4 members (excludes halogenated alkanes) is 1. The van der Waals surface area contributed by atoms with Crippen LogP contribution in [-0.4, -0.2) is 49.2 Å². The third-order valence-corrected chi connectivity index (χ3v) is 8.78. The molecule has 0 amide bonds. The number of Topliss-reactive ketones (excluding diaryl/α,β-unsaturated/α-hetero) is 1. The van der Waals surface area contributed by atoms with Crippen LogP contribution in [0.1, 0.15) is 120 Å². The van der Waals surface area contributed by atoms with Gasteiger partial charge >= 0.3 is 0 Å². The van der Waals surface area contributed by atoms with Gasteiger partial charge in [-0.15, -0.1) is 0 Å². The SMILES string of the molecule is CCCCN(CC)CCOC(CCC)CC(C)CCCC(C(C)C)C1CC(F)C(=O)C1(C)CC. The van der Waals surface area contributed by atoms with Crippen molar-refractivity contribution in [2.24, 2.45) is 29.1 Å². The number of hydrogen-bond donors (Lipinski definition) is 0. The average Bonchev–Trinajstić information content (AvgIpc) is 3.03. The maximum atomic E-state index is 14.4. The van der Waals surface area contributed by atoms with Gasteiger partial charge in [0, 0.05) is 12.0 Å². The molecule has 1 saturated carbocycles. The van der Waals surface area contributed by atoms with Crippen molar-refractivity contribution in [1.82, 2.24) is 4.90 Å². The zero-order chi connectivity index (χ0) is 25.7. The lowest BCUT2D eigenvalue weighted by molar-refractivity contribution is -0.130. The van der Waals surface area contributed by atoms with E-state index in [1.807, 2.05) is 6.92 Å². The van der Waals surface area contributed by atoms with Crippen LogP contribution in [0.5, 0.6) is 0 Å². The van der Waals surface area contributed by atoms with Gasteiger partial charge in [0.1, 0.15) is 0 Å². The first-order valence-electron chi connectivity index (χ1n) is 14.7. The Morgan fingerprint density at radius 1 is 1.03 bits per heavy atom. The first-order valence-corrected chi connectivity index (χ1v) is 14.7. The van der Waals surface area contributed by atoms with Gasteiger partial charge in [-0.25, -0.2) is 4.39 Å². The molecule has 34 heavy (non-hydrogen) atoms. The Labute approximate surface area is 212 Å². The zero-order valence-corrected chi connectivity index (χ0v) is 24.0. The Morgan fingerprint density at radius 2 is 1.74 bits per heavy atom. The number of likely N-dealkylation sites (N-methyl/N-ethyl adjacent to an activating group) is 1. The number of halogens is 1. The molecule has 1 aliphatic carbocycles. The van der Waals surface area contributed by atoms with Crippen LogP contribution in [0.25, 0.3) is 0 Å². The molecule has 1 aliphatic rings. The van der Waals surface area contributed by atoms with E-state index in [0.29, 0.717) is 30.3 Å². The molecular formula is C30H58FNO2. The summed E-state index contributed by atoms with van der Waals surface area (Å²) >= 11 is 0. The molecule has 4 heteroatoms. The third-order valence-electron chi connectivity index (χ3n) is 8.78. The number of alkyl halides is 1. The first-order chi connectivity index (χ1) is 16.1. The predicted molar refractivity (Wildman–Crippen MR) is 144 cm³/mol. The Balaban J connectivity index is 2.54. The van der Waals surface area contributed by atoms with Gasteiger partial charge in [-0.1, -0.05) is 81.1 Å². The summed E-state index contributed by atoms with van der Waals surface area (Å²) in [5.41, 5.74) is -0.483. The van der Waals surface area contributed by atoms with Crippen molar-refractivity contribution in [3.8, 4) is 0 Å². The van der Waals surface area contributed by atoms with Crippen LogP contribution in [0.3, 0.4) is 0 Å². The summed E-state index contributed by atoms with van der Waals surface area (Å²) in [6.07, 6.45) is 9.66. The first kappa shape index (κ1) is 31.5. The fraction of sp³-hybridized carbons (Fsp3) is 0.967. The van der Waals surface area contributed by atoms with E-state index in [9.17, 15) is 9.18 Å². The van der Waals surface area contributed by atoms with Crippen molar-refractivity contribution < 1.29 is 13.9 Å². The standard InChI is InChI=1S/C30H58FNO2/c1-9-13-18-32(12-4)19-20-34-25(15-10-2)21-24(7)16-14-17-26(23(5)6)27-22-28(31)29(33)30(27,8)11-3/h23-28H,9-22H2,1-8H3. The van der Waals surface area contributed by atoms with E-state index in [1.54, 1.807) is 0 Å². The second-order valence-corrected chi connectivity index (χ2v) is 11.7. The van der Waals surface area contributed by atoms with Crippen LogP contribution in [0.4, 0.5) is 4.39 Å². The summed E-state index contributed by atoms with van der Waals surface area (Å²) in [4.78, 5) is 15.1. The summed E-state index contributed by atoms with van der Waals surface area (Å²) in [7, 11) is 0. The lowest BCUT2D eigenvalue weighted by Gasteiger charge is -2.37. The minimum Gasteiger partial charge on any atom is -0.377 e. The van der Waals surface area contributed by atoms with Crippen LogP contribution in [0.15, 0.2) is 0 Å². The highest BCUT2D eigenvalue weighted by Crippen LogP contribution is 2.50. The summed E-state index contributed by atoms with van der Waals surface area (Å²) in [5.74, 6) is 1.57. The van der Waals surface area contributed by atoms with Crippen LogP contribution in [0.2, 0.25) is 0 Å². The Bertz CT molecular complexity index is 554. The summed E-state index contributed by atoms with van der Waals surface area (Å²) < 4.78 is 20.8. The number of ketones is 1. The minimum absolute atomic E-state index is 0.144. The molecule has 202 valence electrons. The van der Waals surface area contributed by atoms with Crippen LogP contribution < -0.4 is 0 Å². The summed E-state index contributed by atoms with van der Waals surface area (Å²) in [5, 5.41) is 0. The van der Waals surface area contributed by atoms with Crippen molar-refractivity contribution in [2.45, 2.75) is 132 Å². The molecule has 0 heterocycles. The molecule has 0 aromatic carbocycles. The molecule has 0 aliphatic heterocycles. The highest BCUT2D eigenvalue weighted by Gasteiger charge is 2.53. The van der Waals surface area contributed by atoms with Gasteiger partial charge in [0.15, 0.2) is 12.0 Å². The second kappa shape index (κ2) is 16.3. The molecule has 0 radical (unpaired) electrons. The maximum Gasteiger partial charge on any atom is 0.173 e. The number of carbonyl (C=O) groups excluding carboxylic acids is 1. The predicted octanol–water partition coefficient (Wildman–Crippen LogP) is 8.11. The lowest BCUT2D eigenvalue weighted by atomic mass is 9.66. The van der Waals surface area contributed by atoms with Gasteiger partial charge in [-0.05, 0) is 75.3 Å². The number of carbonyl (C=O) groups is 1. The van der Waals surface area contributed by atoms with Crippen LogP contribution in [0, 0.1) is 29.1 Å². The largest absolute Gasteiger partial charge is 0.377 e. The molecule has 0 saturated heterocycles. The topological polar surface area (TPSA) is 29.5 Å². The van der Waals surface area contributed by atoms with E-state index in [2.05, 4.69) is 53.4 Å². The molecular weight excluding hydrogens is 425 g/mol. The Hall–Kier alpha value is -0.480. The smallest absolute Gasteiger partial charge is 0.173 e. The minimum atomic E-state index is -1.26. The third kappa shape index (κ3) is 9.52. The van der Waals surface area contributed by atoms with Crippen molar-refractivity contribution in [1.29, 1.82) is 0 Å². The fourth-order valence-electron chi connectivity index (χ4n) is 6.23. The lowest BCUT2D eigenvalue weighted by Crippen LogP contribution is -2.35. The van der Waals surface area contributed by atoms with Crippen molar-refractivity contribution in [3.05, 3.63) is 0 Å². The van der Waals surface area contributed by atoms with Crippen molar-refractivity contribution in [2.75, 3.05) is 26.2 Å². The molecule has 0 aromatic rings. The summed E-state index contributed by atoms with van der Waals surface area (Å²) in [6, 6.07) is 0. The number of rotatable bonds is 19. The molecule has 0 spiro atoms. The van der Waals surface area contributed by atoms with E-state index in [-0.39, 0.29) is 11.7 Å². The monoisotopic (exact) mass is 483 g/mol. The normalized spacial score (nSPS) is 25.9. The highest BCUT2D eigenvalue weighted by molar-refractivity contribution is 5.91. The Kier molecular flexibility index (Phi) is 15.1. The fourth-order valence-corrected chi connectivity index (χ4v) is 6.23. The highest BCUT2D eigenvalue weighted by atomic mass is 19.1. The molecule has 0 N–H and O–H groups in total. The Morgan fingerprint density at radius 3 is 2.29 bits per heavy atom. The molecule has 6 unspecified atom stereocenters. The molecule has 0 aromatic heterocycles. The summed E-state index contributed by atoms with van der Waals surface area (Å²) in [6.45, 7) is 21.8. The van der Waals surface area contributed by atoms with Gasteiger partial charge in [0.05, 0.1) is 12.7 Å². The van der Waals surface area contributed by atoms with Crippen LogP contribution >= 0.6 is 0 Å². The molecule has 3 nitrogen and oxygen atoms in total.